The lowest BCUT2D eigenvalue weighted by Crippen LogP contribution is -2.27. The van der Waals surface area contributed by atoms with E-state index in [0.29, 0.717) is 0 Å². The van der Waals surface area contributed by atoms with E-state index >= 15 is 0 Å². The van der Waals surface area contributed by atoms with Crippen LogP contribution in [-0.4, -0.2) is 5.67 Å². The first-order chi connectivity index (χ1) is 5.82. The van der Waals surface area contributed by atoms with E-state index < -0.39 is 5.67 Å². The smallest absolute Gasteiger partial charge is 0.135 e. The summed E-state index contributed by atoms with van der Waals surface area (Å²) in [5.74, 6) is 0.00861. The van der Waals surface area contributed by atoms with Crippen molar-refractivity contribution >= 4 is 0 Å². The Morgan fingerprint density at radius 3 is 2.00 bits per heavy atom. The third kappa shape index (κ3) is 3.33. The average molecular weight is 184 g/mol. The molecule has 0 fully saturated rings. The van der Waals surface area contributed by atoms with E-state index in [0.717, 1.165) is 11.1 Å². The van der Waals surface area contributed by atoms with Gasteiger partial charge in [0.25, 0.3) is 0 Å². The maximum Gasteiger partial charge on any atom is 0.135 e. The van der Waals surface area contributed by atoms with E-state index in [1.807, 2.05) is 46.8 Å². The first-order valence-corrected chi connectivity index (χ1v) is 4.83. The molecule has 0 rings (SSSR count). The fourth-order valence-corrected chi connectivity index (χ4v) is 1.15. The molecular formula is C12H21F. The summed E-state index contributed by atoms with van der Waals surface area (Å²) in [6.07, 6.45) is 3.77. The van der Waals surface area contributed by atoms with Gasteiger partial charge < -0.3 is 0 Å². The number of rotatable bonds is 3. The first kappa shape index (κ1) is 12.4. The predicted molar refractivity (Wildman–Crippen MR) is 57.5 cm³/mol. The minimum Gasteiger partial charge on any atom is -0.239 e. The molecule has 1 heteroatoms. The normalized spacial score (nSPS) is 17.1. The van der Waals surface area contributed by atoms with Gasteiger partial charge in [-0.15, -0.1) is 0 Å². The summed E-state index contributed by atoms with van der Waals surface area (Å²) in [6, 6.07) is 0. The third-order valence-electron chi connectivity index (χ3n) is 2.40. The van der Waals surface area contributed by atoms with Crippen LogP contribution in [-0.2, 0) is 0 Å². The van der Waals surface area contributed by atoms with Crippen LogP contribution < -0.4 is 0 Å². The van der Waals surface area contributed by atoms with Crippen LogP contribution >= 0.6 is 0 Å². The lowest BCUT2D eigenvalue weighted by atomic mass is 9.85. The number of hydrogen-bond donors (Lipinski definition) is 0. The Morgan fingerprint density at radius 2 is 1.77 bits per heavy atom. The molecule has 0 aromatic heterocycles. The fourth-order valence-electron chi connectivity index (χ4n) is 1.15. The highest BCUT2D eigenvalue weighted by Crippen LogP contribution is 2.31. The van der Waals surface area contributed by atoms with Crippen molar-refractivity contribution in [2.45, 2.75) is 47.2 Å². The Morgan fingerprint density at radius 1 is 1.31 bits per heavy atom. The standard InChI is InChI=1S/C12H21F/c1-7-11(8-9(2)3)12(6,13)10(4)5/h7-8,10H,1-6H3/b11-7+. The molecule has 0 aliphatic heterocycles. The lowest BCUT2D eigenvalue weighted by molar-refractivity contribution is 0.173. The van der Waals surface area contributed by atoms with Gasteiger partial charge in [0.15, 0.2) is 0 Å². The van der Waals surface area contributed by atoms with Crippen LogP contribution in [0.5, 0.6) is 0 Å². The van der Waals surface area contributed by atoms with E-state index in [1.54, 1.807) is 6.92 Å². The molecule has 76 valence electrons. The molecule has 0 aliphatic rings. The van der Waals surface area contributed by atoms with Crippen molar-refractivity contribution in [1.82, 2.24) is 0 Å². The summed E-state index contributed by atoms with van der Waals surface area (Å²) in [5, 5.41) is 0. The molecule has 0 bridgehead atoms. The van der Waals surface area contributed by atoms with Crippen molar-refractivity contribution in [1.29, 1.82) is 0 Å². The SMILES string of the molecule is C/C=C(\C=C(C)C)C(C)(F)C(C)C. The molecule has 0 aliphatic carbocycles. The quantitative estimate of drug-likeness (QED) is 0.574. The number of hydrogen-bond acceptors (Lipinski definition) is 0. The maximum atomic E-state index is 14.1. The minimum absolute atomic E-state index is 0.00861. The van der Waals surface area contributed by atoms with Crippen molar-refractivity contribution in [3.8, 4) is 0 Å². The second-order valence-corrected chi connectivity index (χ2v) is 4.20. The Labute approximate surface area is 81.5 Å². The molecule has 0 amide bonds. The fraction of sp³-hybridized carbons (Fsp3) is 0.667. The Hall–Kier alpha value is -0.590. The van der Waals surface area contributed by atoms with Crippen LogP contribution in [0.3, 0.4) is 0 Å². The van der Waals surface area contributed by atoms with Crippen LogP contribution in [0.1, 0.15) is 41.5 Å². The summed E-state index contributed by atoms with van der Waals surface area (Å²) in [6.45, 7) is 11.3. The Balaban J connectivity index is 4.91. The molecule has 0 nitrogen and oxygen atoms in total. The second kappa shape index (κ2) is 4.59. The molecule has 0 radical (unpaired) electrons. The summed E-state index contributed by atoms with van der Waals surface area (Å²) in [7, 11) is 0. The van der Waals surface area contributed by atoms with Gasteiger partial charge in [0.1, 0.15) is 5.67 Å². The summed E-state index contributed by atoms with van der Waals surface area (Å²) >= 11 is 0. The van der Waals surface area contributed by atoms with Crippen molar-refractivity contribution in [3.63, 3.8) is 0 Å². The third-order valence-corrected chi connectivity index (χ3v) is 2.40. The largest absolute Gasteiger partial charge is 0.239 e. The zero-order chi connectivity index (χ0) is 10.6. The van der Waals surface area contributed by atoms with Crippen molar-refractivity contribution in [2.24, 2.45) is 5.92 Å². The summed E-state index contributed by atoms with van der Waals surface area (Å²) < 4.78 is 14.1. The van der Waals surface area contributed by atoms with Crippen molar-refractivity contribution < 1.29 is 4.39 Å². The van der Waals surface area contributed by atoms with E-state index in [-0.39, 0.29) is 5.92 Å². The average Bonchev–Trinajstić information content (AvgIpc) is 1.99. The summed E-state index contributed by atoms with van der Waals surface area (Å²) in [5.41, 5.74) is 0.701. The van der Waals surface area contributed by atoms with E-state index in [1.165, 1.54) is 0 Å². The second-order valence-electron chi connectivity index (χ2n) is 4.20. The van der Waals surface area contributed by atoms with Gasteiger partial charge in [-0.05, 0) is 39.2 Å². The molecule has 0 saturated heterocycles. The predicted octanol–water partition coefficient (Wildman–Crippen LogP) is 4.28. The number of alkyl halides is 1. The highest BCUT2D eigenvalue weighted by Gasteiger charge is 2.30. The first-order valence-electron chi connectivity index (χ1n) is 4.83. The monoisotopic (exact) mass is 184 g/mol. The van der Waals surface area contributed by atoms with Gasteiger partial charge in [-0.3, -0.25) is 0 Å². The molecule has 1 unspecified atom stereocenters. The van der Waals surface area contributed by atoms with E-state index in [4.69, 9.17) is 0 Å². The van der Waals surface area contributed by atoms with Gasteiger partial charge in [0.2, 0.25) is 0 Å². The van der Waals surface area contributed by atoms with Crippen LogP contribution in [0.25, 0.3) is 0 Å². The lowest BCUT2D eigenvalue weighted by Gasteiger charge is -2.26. The van der Waals surface area contributed by atoms with Crippen LogP contribution in [0.4, 0.5) is 4.39 Å². The molecule has 0 N–H and O–H groups in total. The van der Waals surface area contributed by atoms with Crippen LogP contribution in [0.15, 0.2) is 23.3 Å². The van der Waals surface area contributed by atoms with Crippen molar-refractivity contribution in [2.75, 3.05) is 0 Å². The zero-order valence-electron chi connectivity index (χ0n) is 9.61. The molecular weight excluding hydrogens is 163 g/mol. The number of halogens is 1. The van der Waals surface area contributed by atoms with Gasteiger partial charge in [0.05, 0.1) is 0 Å². The Bertz CT molecular complexity index is 215. The molecule has 0 aromatic carbocycles. The van der Waals surface area contributed by atoms with Crippen LogP contribution in [0, 0.1) is 5.92 Å². The van der Waals surface area contributed by atoms with Crippen molar-refractivity contribution in [3.05, 3.63) is 23.3 Å². The van der Waals surface area contributed by atoms with Gasteiger partial charge >= 0.3 is 0 Å². The van der Waals surface area contributed by atoms with Crippen LogP contribution in [0.2, 0.25) is 0 Å². The summed E-state index contributed by atoms with van der Waals surface area (Å²) in [4.78, 5) is 0. The topological polar surface area (TPSA) is 0 Å². The molecule has 0 heterocycles. The molecule has 0 spiro atoms. The zero-order valence-corrected chi connectivity index (χ0v) is 9.61. The highest BCUT2D eigenvalue weighted by molar-refractivity contribution is 5.30. The van der Waals surface area contributed by atoms with Gasteiger partial charge in [-0.1, -0.05) is 31.6 Å². The number of allylic oxidation sites excluding steroid dienone is 4. The molecule has 0 saturated carbocycles. The minimum atomic E-state index is -1.22. The van der Waals surface area contributed by atoms with E-state index in [9.17, 15) is 4.39 Å². The van der Waals surface area contributed by atoms with Gasteiger partial charge in [-0.2, -0.15) is 0 Å². The highest BCUT2D eigenvalue weighted by atomic mass is 19.1. The van der Waals surface area contributed by atoms with Gasteiger partial charge in [0, 0.05) is 0 Å². The molecule has 1 atom stereocenters. The maximum absolute atomic E-state index is 14.1. The van der Waals surface area contributed by atoms with E-state index in [2.05, 4.69) is 0 Å². The molecule has 13 heavy (non-hydrogen) atoms. The molecule has 0 aromatic rings. The van der Waals surface area contributed by atoms with Gasteiger partial charge in [-0.25, -0.2) is 4.39 Å². The Kier molecular flexibility index (Phi) is 4.38.